The highest BCUT2D eigenvalue weighted by Gasteiger charge is 2.40. The van der Waals surface area contributed by atoms with Gasteiger partial charge >= 0.3 is 12.5 Å². The van der Waals surface area contributed by atoms with Gasteiger partial charge in [-0.25, -0.2) is 4.98 Å². The smallest absolute Gasteiger partial charge is 0.211 e. The van der Waals surface area contributed by atoms with Crippen LogP contribution in [0.4, 0.5) is 26.3 Å². The minimum atomic E-state index is -4.98. The van der Waals surface area contributed by atoms with Crippen molar-refractivity contribution in [3.8, 4) is 0 Å². The van der Waals surface area contributed by atoms with Gasteiger partial charge in [-0.15, -0.1) is 18.3 Å². The molecule has 1 rings (SSSR count). The molecule has 13 heavy (non-hydrogen) atoms. The number of rotatable bonds is 0. The van der Waals surface area contributed by atoms with Crippen LogP contribution in [-0.4, -0.2) is 14.8 Å². The van der Waals surface area contributed by atoms with E-state index in [1.807, 2.05) is 0 Å². The van der Waals surface area contributed by atoms with Crippen LogP contribution >= 0.6 is 0 Å². The fraction of sp³-hybridized carbons (Fsp3) is 0.500. The summed E-state index contributed by atoms with van der Waals surface area (Å²) in [6.07, 6.45) is -9.98. The Morgan fingerprint density at radius 3 is 1.85 bits per heavy atom. The van der Waals surface area contributed by atoms with E-state index in [9.17, 15) is 26.3 Å². The summed E-state index contributed by atoms with van der Waals surface area (Å²) in [5, 5.41) is 2.21. The highest BCUT2D eigenvalue weighted by atomic mass is 19.4. The number of hydrogen-bond acceptors (Lipinski definition) is 2. The van der Waals surface area contributed by atoms with Gasteiger partial charge in [0.25, 0.3) is 5.82 Å². The molecular weight excluding hydrogens is 204 g/mol. The van der Waals surface area contributed by atoms with Crippen LogP contribution in [0.1, 0.15) is 5.82 Å². The molecule has 0 atom stereocenters. The standard InChI is InChI=1S/C4HF6N3/c5-3(6,7)2-11-1-13(12-2)4(8,9)10/h1H. The molecule has 0 aromatic carbocycles. The zero-order chi connectivity index (χ0) is 10.3. The molecule has 0 bridgehead atoms. The molecule has 0 N–H and O–H groups in total. The van der Waals surface area contributed by atoms with E-state index in [1.165, 1.54) is 0 Å². The zero-order valence-electron chi connectivity index (χ0n) is 5.69. The maximum atomic E-state index is 11.7. The molecule has 0 amide bonds. The summed E-state index contributed by atoms with van der Waals surface area (Å²) >= 11 is 0. The zero-order valence-corrected chi connectivity index (χ0v) is 5.69. The minimum absolute atomic E-state index is 0.0389. The summed E-state index contributed by atoms with van der Waals surface area (Å²) in [6, 6.07) is 0. The second-order valence-electron chi connectivity index (χ2n) is 1.98. The highest BCUT2D eigenvalue weighted by Crippen LogP contribution is 2.27. The predicted molar refractivity (Wildman–Crippen MR) is 26.3 cm³/mol. The number of hydrogen-bond donors (Lipinski definition) is 0. The molecule has 9 heteroatoms. The Hall–Kier alpha value is -1.28. The average Bonchev–Trinajstić information content (AvgIpc) is 2.28. The third-order valence-corrected chi connectivity index (χ3v) is 1.01. The largest absolute Gasteiger partial charge is 0.505 e. The topological polar surface area (TPSA) is 30.7 Å². The van der Waals surface area contributed by atoms with Gasteiger partial charge in [0, 0.05) is 0 Å². The summed E-state index contributed by atoms with van der Waals surface area (Å²) in [7, 11) is 0. The van der Waals surface area contributed by atoms with Crippen molar-refractivity contribution in [3.05, 3.63) is 12.2 Å². The normalized spacial score (nSPS) is 13.4. The van der Waals surface area contributed by atoms with Crippen molar-refractivity contribution in [3.63, 3.8) is 0 Å². The molecule has 3 nitrogen and oxygen atoms in total. The van der Waals surface area contributed by atoms with E-state index in [0.29, 0.717) is 0 Å². The van der Waals surface area contributed by atoms with Gasteiger partial charge in [-0.1, -0.05) is 0 Å². The maximum Gasteiger partial charge on any atom is 0.505 e. The lowest BCUT2D eigenvalue weighted by Crippen LogP contribution is -2.18. The van der Waals surface area contributed by atoms with Gasteiger partial charge in [-0.2, -0.15) is 17.9 Å². The summed E-state index contributed by atoms with van der Waals surface area (Å²) in [4.78, 5) is 2.46. The van der Waals surface area contributed by atoms with Crippen molar-refractivity contribution in [1.29, 1.82) is 0 Å². The van der Waals surface area contributed by atoms with Gasteiger partial charge in [0.1, 0.15) is 6.33 Å². The Kier molecular flexibility index (Phi) is 1.96. The van der Waals surface area contributed by atoms with Crippen LogP contribution in [0.25, 0.3) is 0 Å². The Balaban J connectivity index is 3.01. The van der Waals surface area contributed by atoms with Crippen molar-refractivity contribution in [2.24, 2.45) is 0 Å². The minimum Gasteiger partial charge on any atom is -0.211 e. The van der Waals surface area contributed by atoms with Crippen LogP contribution in [0.2, 0.25) is 0 Å². The molecule has 0 radical (unpaired) electrons. The predicted octanol–water partition coefficient (Wildman–Crippen LogP) is 1.77. The van der Waals surface area contributed by atoms with Crippen molar-refractivity contribution < 1.29 is 26.3 Å². The molecule has 1 aromatic heterocycles. The molecule has 0 aliphatic rings. The van der Waals surface area contributed by atoms with E-state index in [0.717, 1.165) is 0 Å². The number of aromatic nitrogens is 3. The summed E-state index contributed by atoms with van der Waals surface area (Å²) in [5.41, 5.74) is 0. The van der Waals surface area contributed by atoms with Crippen molar-refractivity contribution in [2.45, 2.75) is 12.5 Å². The monoisotopic (exact) mass is 205 g/mol. The maximum absolute atomic E-state index is 11.7. The van der Waals surface area contributed by atoms with E-state index in [2.05, 4.69) is 10.1 Å². The lowest BCUT2D eigenvalue weighted by atomic mass is 10.6. The molecule has 0 fully saturated rings. The van der Waals surface area contributed by atoms with E-state index in [4.69, 9.17) is 0 Å². The quantitative estimate of drug-likeness (QED) is 0.604. The van der Waals surface area contributed by atoms with Crippen LogP contribution < -0.4 is 0 Å². The van der Waals surface area contributed by atoms with E-state index >= 15 is 0 Å². The molecule has 0 aliphatic heterocycles. The third-order valence-electron chi connectivity index (χ3n) is 1.01. The fourth-order valence-electron chi connectivity index (χ4n) is 0.515. The van der Waals surface area contributed by atoms with E-state index in [1.54, 1.807) is 0 Å². The first-order valence-corrected chi connectivity index (χ1v) is 2.77. The van der Waals surface area contributed by atoms with Gasteiger partial charge < -0.3 is 0 Å². The van der Waals surface area contributed by atoms with Crippen LogP contribution in [0.15, 0.2) is 6.33 Å². The summed E-state index contributed by atoms with van der Waals surface area (Å²) < 4.78 is 69.3. The molecule has 0 unspecified atom stereocenters. The van der Waals surface area contributed by atoms with Gasteiger partial charge in [0.05, 0.1) is 0 Å². The van der Waals surface area contributed by atoms with Crippen molar-refractivity contribution in [2.75, 3.05) is 0 Å². The third kappa shape index (κ3) is 2.10. The second kappa shape index (κ2) is 2.60. The number of alkyl halides is 6. The number of nitrogens with zero attached hydrogens (tertiary/aromatic N) is 3. The first kappa shape index (κ1) is 9.81. The van der Waals surface area contributed by atoms with Gasteiger partial charge in [0.2, 0.25) is 0 Å². The van der Waals surface area contributed by atoms with Gasteiger partial charge in [-0.3, -0.25) is 0 Å². The second-order valence-corrected chi connectivity index (χ2v) is 1.98. The van der Waals surface area contributed by atoms with Gasteiger partial charge in [0.15, 0.2) is 0 Å². The van der Waals surface area contributed by atoms with Crippen LogP contribution in [0, 0.1) is 0 Å². The van der Waals surface area contributed by atoms with Crippen molar-refractivity contribution in [1.82, 2.24) is 14.8 Å². The van der Waals surface area contributed by atoms with Crippen LogP contribution in [-0.2, 0) is 12.5 Å². The Bertz CT molecular complexity index is 267. The molecule has 1 aromatic rings. The molecule has 0 aliphatic carbocycles. The first-order chi connectivity index (χ1) is 5.71. The van der Waals surface area contributed by atoms with Crippen molar-refractivity contribution >= 4 is 0 Å². The molecule has 0 saturated carbocycles. The molecule has 0 spiro atoms. The lowest BCUT2D eigenvalue weighted by Gasteiger charge is -2.03. The lowest BCUT2D eigenvalue weighted by molar-refractivity contribution is -0.214. The Labute approximate surface area is 67.0 Å². The Morgan fingerprint density at radius 1 is 1.08 bits per heavy atom. The van der Waals surface area contributed by atoms with Crippen LogP contribution in [0.5, 0.6) is 0 Å². The SMILES string of the molecule is FC(F)(F)c1ncn(C(F)(F)F)n1. The Morgan fingerprint density at radius 2 is 1.62 bits per heavy atom. The molecule has 1 heterocycles. The molecule has 74 valence electrons. The van der Waals surface area contributed by atoms with E-state index < -0.39 is 23.0 Å². The average molecular weight is 205 g/mol. The van der Waals surface area contributed by atoms with E-state index in [-0.39, 0.29) is 6.33 Å². The molecule has 0 saturated heterocycles. The number of halogens is 6. The molecular formula is C4HF6N3. The summed E-state index contributed by atoms with van der Waals surface area (Å²) in [6.45, 7) is 0. The first-order valence-electron chi connectivity index (χ1n) is 2.77. The van der Waals surface area contributed by atoms with Gasteiger partial charge in [-0.05, 0) is 0 Å². The van der Waals surface area contributed by atoms with Crippen LogP contribution in [0.3, 0.4) is 0 Å². The highest BCUT2D eigenvalue weighted by molar-refractivity contribution is 4.87. The fourth-order valence-corrected chi connectivity index (χ4v) is 0.515. The summed E-state index contributed by atoms with van der Waals surface area (Å²) in [5.74, 6) is -1.81.